The van der Waals surface area contributed by atoms with Gasteiger partial charge in [0.1, 0.15) is 12.1 Å². The van der Waals surface area contributed by atoms with Gasteiger partial charge in [-0.25, -0.2) is 9.78 Å². The van der Waals surface area contributed by atoms with Gasteiger partial charge in [0.25, 0.3) is 0 Å². The second-order valence-electron chi connectivity index (χ2n) is 7.19. The van der Waals surface area contributed by atoms with Crippen LogP contribution in [-0.4, -0.2) is 82.0 Å². The number of aromatic nitrogens is 2. The van der Waals surface area contributed by atoms with Crippen molar-refractivity contribution in [3.05, 3.63) is 18.2 Å². The molecule has 0 aliphatic carbocycles. The third-order valence-corrected chi connectivity index (χ3v) is 5.22. The van der Waals surface area contributed by atoms with Gasteiger partial charge in [0.15, 0.2) is 0 Å². The molecule has 1 aromatic rings. The van der Waals surface area contributed by atoms with Crippen LogP contribution in [0, 0.1) is 0 Å². The van der Waals surface area contributed by atoms with E-state index in [9.17, 15) is 24.3 Å². The Balaban J connectivity index is 2.62. The normalized spacial score (nSPS) is 13.6. The molecule has 1 heterocycles. The van der Waals surface area contributed by atoms with Gasteiger partial charge in [-0.1, -0.05) is 0 Å². The molecule has 3 unspecified atom stereocenters. The summed E-state index contributed by atoms with van der Waals surface area (Å²) in [7, 11) is 0. The molecule has 12 nitrogen and oxygen atoms in total. The summed E-state index contributed by atoms with van der Waals surface area (Å²) in [6, 6.07) is -2.83. The number of carboxylic acids is 1. The van der Waals surface area contributed by atoms with Gasteiger partial charge in [0.05, 0.1) is 18.9 Å². The summed E-state index contributed by atoms with van der Waals surface area (Å²) in [6.07, 6.45) is 6.92. The second-order valence-corrected chi connectivity index (χ2v) is 8.18. The molecule has 0 aliphatic heterocycles. The zero-order chi connectivity index (χ0) is 23.9. The number of nitrogens with one attached hydrogen (secondary N) is 4. The van der Waals surface area contributed by atoms with Crippen molar-refractivity contribution in [2.45, 2.75) is 50.2 Å². The van der Waals surface area contributed by atoms with E-state index < -0.39 is 48.4 Å². The number of carboxylic acid groups (broad SMARTS) is 1. The monoisotopic (exact) mass is 471 g/mol. The molecule has 0 bridgehead atoms. The molecular formula is C19H33N7O5S. The second kappa shape index (κ2) is 15.2. The van der Waals surface area contributed by atoms with Crippen LogP contribution in [0.25, 0.3) is 0 Å². The van der Waals surface area contributed by atoms with Crippen LogP contribution in [0.4, 0.5) is 0 Å². The van der Waals surface area contributed by atoms with Crippen molar-refractivity contribution in [3.63, 3.8) is 0 Å². The van der Waals surface area contributed by atoms with Gasteiger partial charge in [0, 0.05) is 18.3 Å². The van der Waals surface area contributed by atoms with Crippen molar-refractivity contribution < 1.29 is 24.3 Å². The molecule has 180 valence electrons. The van der Waals surface area contributed by atoms with Gasteiger partial charge in [-0.2, -0.15) is 11.8 Å². The van der Waals surface area contributed by atoms with Crippen molar-refractivity contribution in [2.24, 2.45) is 11.5 Å². The summed E-state index contributed by atoms with van der Waals surface area (Å²) in [5.74, 6) is -2.28. The highest BCUT2D eigenvalue weighted by atomic mass is 32.2. The molecule has 0 spiro atoms. The van der Waals surface area contributed by atoms with Crippen LogP contribution >= 0.6 is 11.8 Å². The fraction of sp³-hybridized carbons (Fsp3) is 0.632. The van der Waals surface area contributed by atoms with E-state index in [0.29, 0.717) is 37.3 Å². The number of hydrogen-bond donors (Lipinski definition) is 7. The molecule has 0 aliphatic rings. The maximum absolute atomic E-state index is 12.6. The maximum atomic E-state index is 12.6. The van der Waals surface area contributed by atoms with Gasteiger partial charge in [-0.05, 0) is 44.2 Å². The predicted octanol–water partition coefficient (Wildman–Crippen LogP) is -1.67. The highest BCUT2D eigenvalue weighted by Gasteiger charge is 2.25. The molecule has 0 saturated heterocycles. The summed E-state index contributed by atoms with van der Waals surface area (Å²) in [6.45, 7) is 0.0298. The van der Waals surface area contributed by atoms with Crippen molar-refractivity contribution in [2.75, 3.05) is 25.1 Å². The first kappa shape index (κ1) is 27.4. The van der Waals surface area contributed by atoms with E-state index in [1.807, 2.05) is 6.26 Å². The minimum atomic E-state index is -1.14. The Morgan fingerprint density at radius 1 is 1.16 bits per heavy atom. The number of amides is 3. The quantitative estimate of drug-likeness (QED) is 0.137. The third kappa shape index (κ3) is 10.6. The zero-order valence-electron chi connectivity index (χ0n) is 18.1. The molecular weight excluding hydrogens is 438 g/mol. The number of aliphatic carboxylic acids is 1. The van der Waals surface area contributed by atoms with E-state index in [-0.39, 0.29) is 12.8 Å². The SMILES string of the molecule is CSCCC(NC(=O)CNC(=O)C(CCCCN)NC(=O)C(N)Cc1cnc[nH]1)C(=O)O. The van der Waals surface area contributed by atoms with E-state index in [4.69, 9.17) is 11.5 Å². The Morgan fingerprint density at radius 2 is 1.91 bits per heavy atom. The lowest BCUT2D eigenvalue weighted by Crippen LogP contribution is -2.53. The average molecular weight is 472 g/mol. The van der Waals surface area contributed by atoms with Gasteiger partial charge in [-0.3, -0.25) is 14.4 Å². The average Bonchev–Trinajstić information content (AvgIpc) is 3.27. The molecule has 9 N–H and O–H groups in total. The lowest BCUT2D eigenvalue weighted by molar-refractivity contribution is -0.141. The Bertz CT molecular complexity index is 732. The molecule has 1 rings (SSSR count). The summed E-state index contributed by atoms with van der Waals surface area (Å²) >= 11 is 1.47. The summed E-state index contributed by atoms with van der Waals surface area (Å²) in [5, 5.41) is 16.6. The number of thioether (sulfide) groups is 1. The zero-order valence-corrected chi connectivity index (χ0v) is 19.0. The molecule has 3 atom stereocenters. The number of carbonyl (C=O) groups excluding carboxylic acids is 3. The molecule has 0 radical (unpaired) electrons. The van der Waals surface area contributed by atoms with Crippen LogP contribution in [0.15, 0.2) is 12.5 Å². The highest BCUT2D eigenvalue weighted by molar-refractivity contribution is 7.98. The first-order chi connectivity index (χ1) is 15.3. The van der Waals surface area contributed by atoms with Gasteiger partial charge < -0.3 is 37.5 Å². The first-order valence-electron chi connectivity index (χ1n) is 10.3. The smallest absolute Gasteiger partial charge is 0.326 e. The predicted molar refractivity (Wildman–Crippen MR) is 121 cm³/mol. The molecule has 0 fully saturated rings. The fourth-order valence-electron chi connectivity index (χ4n) is 2.80. The number of rotatable bonds is 16. The number of carbonyl (C=O) groups is 4. The number of aromatic amines is 1. The number of H-pyrrole nitrogens is 1. The van der Waals surface area contributed by atoms with E-state index in [2.05, 4.69) is 25.9 Å². The Morgan fingerprint density at radius 3 is 2.50 bits per heavy atom. The molecule has 13 heteroatoms. The number of unbranched alkanes of at least 4 members (excludes halogenated alkanes) is 1. The van der Waals surface area contributed by atoms with E-state index in [1.165, 1.54) is 18.1 Å². The Kier molecular flexibility index (Phi) is 13.0. The number of imidazole rings is 1. The molecule has 3 amide bonds. The van der Waals surface area contributed by atoms with Crippen molar-refractivity contribution in [1.82, 2.24) is 25.9 Å². The highest BCUT2D eigenvalue weighted by Crippen LogP contribution is 2.04. The molecule has 0 saturated carbocycles. The third-order valence-electron chi connectivity index (χ3n) is 4.58. The fourth-order valence-corrected chi connectivity index (χ4v) is 3.27. The van der Waals surface area contributed by atoms with Gasteiger partial charge in [-0.15, -0.1) is 0 Å². The van der Waals surface area contributed by atoms with Crippen molar-refractivity contribution in [1.29, 1.82) is 0 Å². The van der Waals surface area contributed by atoms with E-state index >= 15 is 0 Å². The minimum Gasteiger partial charge on any atom is -0.480 e. The maximum Gasteiger partial charge on any atom is 0.326 e. The van der Waals surface area contributed by atoms with Crippen LogP contribution in [-0.2, 0) is 25.6 Å². The molecule has 1 aromatic heterocycles. The molecule has 0 aromatic carbocycles. The Labute approximate surface area is 191 Å². The van der Waals surface area contributed by atoms with Crippen LogP contribution < -0.4 is 27.4 Å². The van der Waals surface area contributed by atoms with Crippen LogP contribution in [0.2, 0.25) is 0 Å². The number of nitrogens with two attached hydrogens (primary N) is 2. The Hall–Kier alpha value is -2.64. The lowest BCUT2D eigenvalue weighted by atomic mass is 10.1. The lowest BCUT2D eigenvalue weighted by Gasteiger charge is -2.21. The summed E-state index contributed by atoms with van der Waals surface area (Å²) in [4.78, 5) is 55.1. The topological polar surface area (TPSA) is 205 Å². The van der Waals surface area contributed by atoms with Crippen LogP contribution in [0.1, 0.15) is 31.4 Å². The first-order valence-corrected chi connectivity index (χ1v) is 11.7. The largest absolute Gasteiger partial charge is 0.480 e. The van der Waals surface area contributed by atoms with E-state index in [1.54, 1.807) is 6.20 Å². The standard InChI is InChI=1S/C19H33N7O5S/c1-32-7-5-15(19(30)31)25-16(27)10-23-18(29)14(4-2-3-6-20)26-17(28)13(21)8-12-9-22-11-24-12/h9,11,13-15H,2-8,10,20-21H2,1H3,(H,22,24)(H,23,29)(H,25,27)(H,26,28)(H,30,31). The number of hydrogen-bond acceptors (Lipinski definition) is 8. The molecule has 32 heavy (non-hydrogen) atoms. The van der Waals surface area contributed by atoms with Crippen LogP contribution in [0.5, 0.6) is 0 Å². The van der Waals surface area contributed by atoms with Gasteiger partial charge in [0.2, 0.25) is 17.7 Å². The van der Waals surface area contributed by atoms with Gasteiger partial charge >= 0.3 is 5.97 Å². The minimum absolute atomic E-state index is 0.220. The number of nitrogens with zero attached hydrogens (tertiary/aromatic N) is 1. The summed E-state index contributed by atoms with van der Waals surface area (Å²) < 4.78 is 0. The van der Waals surface area contributed by atoms with E-state index in [0.717, 1.165) is 0 Å². The van der Waals surface area contributed by atoms with Crippen molar-refractivity contribution >= 4 is 35.5 Å². The van der Waals surface area contributed by atoms with Crippen LogP contribution in [0.3, 0.4) is 0 Å². The summed E-state index contributed by atoms with van der Waals surface area (Å²) in [5.41, 5.74) is 12.1. The van der Waals surface area contributed by atoms with Crippen molar-refractivity contribution in [3.8, 4) is 0 Å².